The van der Waals surface area contributed by atoms with Crippen molar-refractivity contribution >= 4 is 11.9 Å². The minimum absolute atomic E-state index is 0.00113. The van der Waals surface area contributed by atoms with Gasteiger partial charge in [0.25, 0.3) is 5.91 Å². The van der Waals surface area contributed by atoms with E-state index in [1.807, 2.05) is 0 Å². The lowest BCUT2D eigenvalue weighted by molar-refractivity contribution is -0.258. The van der Waals surface area contributed by atoms with E-state index < -0.39 is 11.4 Å². The first kappa shape index (κ1) is 28.4. The Labute approximate surface area is 241 Å². The van der Waals surface area contributed by atoms with Crippen LogP contribution >= 0.6 is 0 Å². The lowest BCUT2D eigenvalue weighted by Gasteiger charge is -2.67. The van der Waals surface area contributed by atoms with E-state index in [1.54, 1.807) is 12.1 Å². The van der Waals surface area contributed by atoms with Gasteiger partial charge in [-0.15, -0.1) is 0 Å². The maximum Gasteiger partial charge on any atom is 0.303 e. The van der Waals surface area contributed by atoms with Gasteiger partial charge in [0.2, 0.25) is 5.89 Å². The van der Waals surface area contributed by atoms with Gasteiger partial charge < -0.3 is 19.6 Å². The number of halogens is 1. The fraction of sp³-hybridized carbons (Fsp3) is 0.667. The summed E-state index contributed by atoms with van der Waals surface area (Å²) in [7, 11) is 0. The number of rotatable bonds is 12. The second-order valence-corrected chi connectivity index (χ2v) is 13.3. The fourth-order valence-corrected chi connectivity index (χ4v) is 8.70. The van der Waals surface area contributed by atoms with Gasteiger partial charge in [-0.2, -0.15) is 0 Å². The molecule has 1 amide bonds. The Morgan fingerprint density at radius 1 is 1.10 bits per heavy atom. The van der Waals surface area contributed by atoms with Crippen LogP contribution in [0.5, 0.6) is 0 Å². The molecule has 5 unspecified atom stereocenters. The van der Waals surface area contributed by atoms with Gasteiger partial charge >= 0.3 is 5.97 Å². The number of aliphatic carboxylic acids is 1. The number of carbonyl (C=O) groups excluding carboxylic acids is 1. The van der Waals surface area contributed by atoms with Crippen molar-refractivity contribution in [3.05, 3.63) is 53.0 Å². The van der Waals surface area contributed by atoms with E-state index in [4.69, 9.17) is 14.1 Å². The van der Waals surface area contributed by atoms with Crippen molar-refractivity contribution in [3.63, 3.8) is 0 Å². The van der Waals surface area contributed by atoms with Gasteiger partial charge in [0.1, 0.15) is 12.1 Å². The van der Waals surface area contributed by atoms with Crippen molar-refractivity contribution in [1.29, 1.82) is 0 Å². The molecule has 5 fully saturated rings. The monoisotopic (exact) mass is 566 g/mol. The number of nitrogens with zero attached hydrogens (tertiary/aromatic N) is 1. The largest absolute Gasteiger partial charge is 0.481 e. The van der Waals surface area contributed by atoms with Gasteiger partial charge in [-0.25, -0.2) is 9.37 Å². The van der Waals surface area contributed by atoms with Crippen LogP contribution in [-0.4, -0.2) is 40.7 Å². The van der Waals surface area contributed by atoms with Crippen LogP contribution in [0.3, 0.4) is 0 Å². The highest BCUT2D eigenvalue weighted by atomic mass is 19.1. The number of aryl methyl sites for hydroxylation is 1. The van der Waals surface area contributed by atoms with Crippen LogP contribution in [0.2, 0.25) is 0 Å². The first-order chi connectivity index (χ1) is 19.8. The SMILES string of the molecule is CC12CC(c3nc(C(=O)NCCCCC4CCCCC4)co3)(C3CCC1O3)C2Cc1cc(F)ccc1CCC(=O)O. The Bertz CT molecular complexity index is 1270. The third-order valence-electron chi connectivity index (χ3n) is 10.8. The zero-order chi connectivity index (χ0) is 28.6. The highest BCUT2D eigenvalue weighted by Crippen LogP contribution is 2.72. The third kappa shape index (κ3) is 5.33. The van der Waals surface area contributed by atoms with E-state index in [9.17, 15) is 19.1 Å². The average Bonchev–Trinajstić information content (AvgIpc) is 3.62. The van der Waals surface area contributed by atoms with Crippen molar-refractivity contribution in [2.75, 3.05) is 6.54 Å². The summed E-state index contributed by atoms with van der Waals surface area (Å²) in [6.45, 7) is 2.87. The van der Waals surface area contributed by atoms with E-state index in [-0.39, 0.29) is 41.7 Å². The van der Waals surface area contributed by atoms with Gasteiger partial charge in [-0.3, -0.25) is 9.59 Å². The van der Waals surface area contributed by atoms with Crippen LogP contribution in [0.25, 0.3) is 0 Å². The summed E-state index contributed by atoms with van der Waals surface area (Å²) in [5, 5.41) is 12.3. The summed E-state index contributed by atoms with van der Waals surface area (Å²) in [4.78, 5) is 29.0. The highest BCUT2D eigenvalue weighted by Gasteiger charge is 2.75. The summed E-state index contributed by atoms with van der Waals surface area (Å²) in [5.74, 6) is 0.0692. The molecule has 7 rings (SSSR count). The fourth-order valence-electron chi connectivity index (χ4n) is 8.70. The van der Waals surface area contributed by atoms with E-state index in [2.05, 4.69) is 12.2 Å². The van der Waals surface area contributed by atoms with Gasteiger partial charge in [0.05, 0.1) is 17.6 Å². The highest BCUT2D eigenvalue weighted by molar-refractivity contribution is 5.91. The van der Waals surface area contributed by atoms with E-state index in [0.29, 0.717) is 31.0 Å². The first-order valence-electron chi connectivity index (χ1n) is 15.7. The van der Waals surface area contributed by atoms with Crippen LogP contribution in [0.1, 0.15) is 111 Å². The summed E-state index contributed by atoms with van der Waals surface area (Å²) in [6, 6.07) is 4.67. The molecule has 1 aromatic carbocycles. The Kier molecular flexibility index (Phi) is 7.96. The quantitative estimate of drug-likeness (QED) is 0.289. The van der Waals surface area contributed by atoms with Gasteiger partial charge in [0.15, 0.2) is 5.69 Å². The molecule has 7 nitrogen and oxygen atoms in total. The van der Waals surface area contributed by atoms with Crippen LogP contribution in [-0.2, 0) is 27.8 Å². The number of carbonyl (C=O) groups is 2. The number of oxazole rings is 1. The number of ether oxygens (including phenoxy) is 1. The molecular weight excluding hydrogens is 523 g/mol. The normalized spacial score (nSPS) is 30.6. The van der Waals surface area contributed by atoms with Gasteiger partial charge in [-0.05, 0) is 79.0 Å². The zero-order valence-electron chi connectivity index (χ0n) is 24.1. The summed E-state index contributed by atoms with van der Waals surface area (Å²) in [5.41, 5.74) is 1.38. The average molecular weight is 567 g/mol. The van der Waals surface area contributed by atoms with Gasteiger partial charge in [-0.1, -0.05) is 57.9 Å². The molecule has 222 valence electrons. The molecule has 4 bridgehead atoms. The summed E-state index contributed by atoms with van der Waals surface area (Å²) in [6.07, 6.45) is 15.3. The molecule has 8 heteroatoms. The Morgan fingerprint density at radius 2 is 1.90 bits per heavy atom. The van der Waals surface area contributed by atoms with E-state index >= 15 is 0 Å². The van der Waals surface area contributed by atoms with Crippen LogP contribution in [0.15, 0.2) is 28.9 Å². The molecule has 1 aromatic heterocycles. The van der Waals surface area contributed by atoms with E-state index in [1.165, 1.54) is 50.9 Å². The lowest BCUT2D eigenvalue weighted by atomic mass is 9.41. The van der Waals surface area contributed by atoms with Crippen molar-refractivity contribution in [3.8, 4) is 0 Å². The van der Waals surface area contributed by atoms with Crippen molar-refractivity contribution in [1.82, 2.24) is 10.3 Å². The minimum atomic E-state index is -0.870. The van der Waals surface area contributed by atoms with Gasteiger partial charge in [0, 0.05) is 13.0 Å². The molecule has 41 heavy (non-hydrogen) atoms. The molecule has 2 saturated carbocycles. The molecule has 3 aliphatic heterocycles. The molecular formula is C33H43FN2O5. The Morgan fingerprint density at radius 3 is 2.71 bits per heavy atom. The minimum Gasteiger partial charge on any atom is -0.481 e. The molecule has 0 radical (unpaired) electrons. The van der Waals surface area contributed by atoms with Crippen molar-refractivity contribution in [2.45, 2.75) is 114 Å². The number of benzene rings is 1. The number of hydrogen-bond donors (Lipinski definition) is 2. The molecule has 0 spiro atoms. The van der Waals surface area contributed by atoms with Crippen LogP contribution < -0.4 is 5.32 Å². The maximum atomic E-state index is 14.4. The number of aromatic nitrogens is 1. The van der Waals surface area contributed by atoms with Crippen molar-refractivity contribution in [2.24, 2.45) is 17.3 Å². The van der Waals surface area contributed by atoms with E-state index in [0.717, 1.165) is 49.1 Å². The molecule has 5 atom stereocenters. The number of nitrogens with one attached hydrogen (secondary N) is 1. The molecule has 4 heterocycles. The molecule has 5 aliphatic rings. The number of unbranched alkanes of at least 4 members (excludes halogenated alkanes) is 1. The number of hydrogen-bond acceptors (Lipinski definition) is 5. The molecule has 2 N–H and O–H groups in total. The summed E-state index contributed by atoms with van der Waals surface area (Å²) < 4.78 is 27.0. The standard InChI is InChI=1S/C33H43FN2O5/c1-32-20-33(28-14-13-27(32)41-28,26(32)18-23-17-24(34)12-10-22(23)11-15-29(37)38)31-36-25(19-40-31)30(39)35-16-6-5-9-21-7-3-2-4-8-21/h10,12,17,19,21,26-28H,2-9,11,13-16,18,20H2,1H3,(H,35,39)(H,37,38). The predicted molar refractivity (Wildman–Crippen MR) is 151 cm³/mol. The van der Waals surface area contributed by atoms with Crippen LogP contribution in [0.4, 0.5) is 4.39 Å². The molecule has 2 aliphatic carbocycles. The topological polar surface area (TPSA) is 102 Å². The Balaban J connectivity index is 1.15. The second kappa shape index (κ2) is 11.5. The lowest BCUT2D eigenvalue weighted by Crippen LogP contribution is -2.71. The number of amides is 1. The summed E-state index contributed by atoms with van der Waals surface area (Å²) >= 11 is 0. The third-order valence-corrected chi connectivity index (χ3v) is 10.8. The second-order valence-electron chi connectivity index (χ2n) is 13.3. The zero-order valence-corrected chi connectivity index (χ0v) is 24.1. The predicted octanol–water partition coefficient (Wildman–Crippen LogP) is 6.38. The molecule has 3 saturated heterocycles. The number of carboxylic acids is 1. The first-order valence-corrected chi connectivity index (χ1v) is 15.7. The number of carboxylic acid groups (broad SMARTS) is 1. The van der Waals surface area contributed by atoms with Crippen LogP contribution in [0, 0.1) is 23.1 Å². The maximum absolute atomic E-state index is 14.4. The molecule has 2 aromatic rings. The van der Waals surface area contributed by atoms with Crippen molar-refractivity contribution < 1.29 is 28.2 Å². The Hall–Kier alpha value is -2.74. The smallest absolute Gasteiger partial charge is 0.303 e.